The number of carbonyl (C=O) groups excluding carboxylic acids is 1. The van der Waals surface area contributed by atoms with Gasteiger partial charge >= 0.3 is 0 Å². The smallest absolute Gasteiger partial charge is 0.239 e. The Balaban J connectivity index is 2.03. The van der Waals surface area contributed by atoms with Crippen LogP contribution in [-0.2, 0) is 11.3 Å². The van der Waals surface area contributed by atoms with E-state index >= 15 is 0 Å². The third-order valence-corrected chi connectivity index (χ3v) is 2.69. The summed E-state index contributed by atoms with van der Waals surface area (Å²) in [5.74, 6) is 0.0677. The third kappa shape index (κ3) is 2.33. The molecule has 1 aromatic rings. The summed E-state index contributed by atoms with van der Waals surface area (Å²) in [6.07, 6.45) is 5.29. The molecule has 1 atom stereocenters. The standard InChI is InChI=1S/C11H15N3O/c12-10-2-1-7-14(11(10)15)8-9-3-5-13-6-4-9/h3-6,10H,1-2,7-8,12H2. The van der Waals surface area contributed by atoms with Gasteiger partial charge in [0, 0.05) is 25.5 Å². The average Bonchev–Trinajstić information content (AvgIpc) is 2.26. The van der Waals surface area contributed by atoms with Gasteiger partial charge in [0.2, 0.25) is 5.91 Å². The van der Waals surface area contributed by atoms with E-state index < -0.39 is 0 Å². The number of piperidine rings is 1. The lowest BCUT2D eigenvalue weighted by atomic mass is 10.1. The number of aromatic nitrogens is 1. The van der Waals surface area contributed by atoms with Crippen LogP contribution in [0.1, 0.15) is 18.4 Å². The van der Waals surface area contributed by atoms with E-state index in [1.54, 1.807) is 12.4 Å². The van der Waals surface area contributed by atoms with E-state index in [0.717, 1.165) is 24.9 Å². The molecular weight excluding hydrogens is 190 g/mol. The van der Waals surface area contributed by atoms with E-state index in [-0.39, 0.29) is 11.9 Å². The Morgan fingerprint density at radius 2 is 2.20 bits per heavy atom. The van der Waals surface area contributed by atoms with Gasteiger partial charge in [0.15, 0.2) is 0 Å². The fraction of sp³-hybridized carbons (Fsp3) is 0.455. The van der Waals surface area contributed by atoms with Crippen LogP contribution in [0, 0.1) is 0 Å². The Hall–Kier alpha value is -1.42. The number of pyridine rings is 1. The number of rotatable bonds is 2. The van der Waals surface area contributed by atoms with Crippen LogP contribution < -0.4 is 5.73 Å². The van der Waals surface area contributed by atoms with Crippen LogP contribution in [0.5, 0.6) is 0 Å². The molecule has 4 nitrogen and oxygen atoms in total. The molecule has 2 N–H and O–H groups in total. The van der Waals surface area contributed by atoms with Gasteiger partial charge in [-0.3, -0.25) is 9.78 Å². The molecule has 2 heterocycles. The number of hydrogen-bond acceptors (Lipinski definition) is 3. The van der Waals surface area contributed by atoms with E-state index in [0.29, 0.717) is 6.54 Å². The van der Waals surface area contributed by atoms with Crippen LogP contribution in [0.4, 0.5) is 0 Å². The molecule has 1 saturated heterocycles. The number of carbonyl (C=O) groups is 1. The zero-order valence-corrected chi connectivity index (χ0v) is 8.60. The summed E-state index contributed by atoms with van der Waals surface area (Å²) in [5.41, 5.74) is 6.82. The van der Waals surface area contributed by atoms with Gasteiger partial charge in [0.05, 0.1) is 6.04 Å². The summed E-state index contributed by atoms with van der Waals surface area (Å²) in [6, 6.07) is 3.54. The molecule has 1 aromatic heterocycles. The predicted molar refractivity (Wildman–Crippen MR) is 56.9 cm³/mol. The van der Waals surface area contributed by atoms with Crippen LogP contribution in [0.25, 0.3) is 0 Å². The Morgan fingerprint density at radius 1 is 1.47 bits per heavy atom. The normalized spacial score (nSPS) is 21.8. The highest BCUT2D eigenvalue weighted by Crippen LogP contribution is 2.13. The number of nitrogens with zero attached hydrogens (tertiary/aromatic N) is 2. The molecule has 0 saturated carbocycles. The SMILES string of the molecule is NC1CCCN(Cc2ccncc2)C1=O. The van der Waals surface area contributed by atoms with Crippen molar-refractivity contribution >= 4 is 5.91 Å². The molecule has 1 aliphatic heterocycles. The molecule has 15 heavy (non-hydrogen) atoms. The topological polar surface area (TPSA) is 59.2 Å². The van der Waals surface area contributed by atoms with Gasteiger partial charge in [-0.05, 0) is 30.5 Å². The number of amides is 1. The molecule has 1 aliphatic rings. The van der Waals surface area contributed by atoms with Gasteiger partial charge in [0.25, 0.3) is 0 Å². The van der Waals surface area contributed by atoms with Crippen LogP contribution in [0.2, 0.25) is 0 Å². The highest BCUT2D eigenvalue weighted by molar-refractivity contribution is 5.82. The van der Waals surface area contributed by atoms with Gasteiger partial charge in [0.1, 0.15) is 0 Å². The fourth-order valence-corrected chi connectivity index (χ4v) is 1.84. The molecule has 1 unspecified atom stereocenters. The largest absolute Gasteiger partial charge is 0.337 e. The van der Waals surface area contributed by atoms with Crippen molar-refractivity contribution in [1.82, 2.24) is 9.88 Å². The highest BCUT2D eigenvalue weighted by Gasteiger charge is 2.25. The first kappa shape index (κ1) is 10.1. The summed E-state index contributed by atoms with van der Waals surface area (Å²) in [6.45, 7) is 1.46. The predicted octanol–water partition coefficient (Wildman–Crippen LogP) is 0.531. The van der Waals surface area contributed by atoms with Crippen LogP contribution >= 0.6 is 0 Å². The maximum atomic E-state index is 11.7. The van der Waals surface area contributed by atoms with Gasteiger partial charge in [-0.25, -0.2) is 0 Å². The first-order chi connectivity index (χ1) is 7.27. The lowest BCUT2D eigenvalue weighted by Gasteiger charge is -2.30. The molecule has 0 aromatic carbocycles. The average molecular weight is 205 g/mol. The minimum atomic E-state index is -0.305. The molecule has 2 rings (SSSR count). The van der Waals surface area contributed by atoms with Crippen molar-refractivity contribution in [1.29, 1.82) is 0 Å². The lowest BCUT2D eigenvalue weighted by molar-refractivity contribution is -0.135. The Kier molecular flexibility index (Phi) is 2.97. The van der Waals surface area contributed by atoms with E-state index in [4.69, 9.17) is 5.73 Å². The molecule has 0 radical (unpaired) electrons. The molecule has 4 heteroatoms. The lowest BCUT2D eigenvalue weighted by Crippen LogP contribution is -2.47. The summed E-state index contributed by atoms with van der Waals surface area (Å²) in [4.78, 5) is 17.5. The Bertz CT molecular complexity index is 339. The molecule has 1 fully saturated rings. The summed E-state index contributed by atoms with van der Waals surface area (Å²) < 4.78 is 0. The fourth-order valence-electron chi connectivity index (χ4n) is 1.84. The second-order valence-corrected chi connectivity index (χ2v) is 3.86. The summed E-state index contributed by atoms with van der Waals surface area (Å²) in [7, 11) is 0. The highest BCUT2D eigenvalue weighted by atomic mass is 16.2. The number of nitrogens with two attached hydrogens (primary N) is 1. The zero-order chi connectivity index (χ0) is 10.7. The van der Waals surface area contributed by atoms with E-state index in [2.05, 4.69) is 4.98 Å². The van der Waals surface area contributed by atoms with Crippen LogP contribution in [0.15, 0.2) is 24.5 Å². The van der Waals surface area contributed by atoms with Crippen molar-refractivity contribution in [2.24, 2.45) is 5.73 Å². The van der Waals surface area contributed by atoms with Gasteiger partial charge in [-0.15, -0.1) is 0 Å². The first-order valence-corrected chi connectivity index (χ1v) is 5.20. The van der Waals surface area contributed by atoms with Crippen molar-refractivity contribution in [2.75, 3.05) is 6.54 Å². The van der Waals surface area contributed by atoms with E-state index in [1.165, 1.54) is 0 Å². The van der Waals surface area contributed by atoms with Crippen LogP contribution in [0.3, 0.4) is 0 Å². The zero-order valence-electron chi connectivity index (χ0n) is 8.60. The molecular formula is C11H15N3O. The third-order valence-electron chi connectivity index (χ3n) is 2.69. The molecule has 1 amide bonds. The van der Waals surface area contributed by atoms with Gasteiger partial charge in [-0.2, -0.15) is 0 Å². The second kappa shape index (κ2) is 4.40. The first-order valence-electron chi connectivity index (χ1n) is 5.20. The Labute approximate surface area is 89.1 Å². The van der Waals surface area contributed by atoms with Crippen molar-refractivity contribution < 1.29 is 4.79 Å². The molecule has 0 spiro atoms. The maximum Gasteiger partial charge on any atom is 0.239 e. The Morgan fingerprint density at radius 3 is 2.93 bits per heavy atom. The van der Waals surface area contributed by atoms with Gasteiger partial charge in [-0.1, -0.05) is 0 Å². The van der Waals surface area contributed by atoms with Crippen molar-refractivity contribution in [3.63, 3.8) is 0 Å². The summed E-state index contributed by atoms with van der Waals surface area (Å²) >= 11 is 0. The minimum Gasteiger partial charge on any atom is -0.337 e. The van der Waals surface area contributed by atoms with Crippen molar-refractivity contribution in [2.45, 2.75) is 25.4 Å². The van der Waals surface area contributed by atoms with Crippen molar-refractivity contribution in [3.05, 3.63) is 30.1 Å². The molecule has 0 aliphatic carbocycles. The van der Waals surface area contributed by atoms with Crippen molar-refractivity contribution in [3.8, 4) is 0 Å². The summed E-state index contributed by atoms with van der Waals surface area (Å²) in [5, 5.41) is 0. The monoisotopic (exact) mass is 205 g/mol. The molecule has 0 bridgehead atoms. The quantitative estimate of drug-likeness (QED) is 0.766. The maximum absolute atomic E-state index is 11.7. The van der Waals surface area contributed by atoms with E-state index in [1.807, 2.05) is 17.0 Å². The number of hydrogen-bond donors (Lipinski definition) is 1. The minimum absolute atomic E-state index is 0.0677. The molecule has 80 valence electrons. The van der Waals surface area contributed by atoms with Crippen LogP contribution in [-0.4, -0.2) is 28.4 Å². The number of likely N-dealkylation sites (tertiary alicyclic amines) is 1. The van der Waals surface area contributed by atoms with Gasteiger partial charge < -0.3 is 10.6 Å². The van der Waals surface area contributed by atoms with E-state index in [9.17, 15) is 4.79 Å². The second-order valence-electron chi connectivity index (χ2n) is 3.86.